The molecule has 1 aliphatic heterocycles. The van der Waals surface area contributed by atoms with Gasteiger partial charge in [0.05, 0.1) is 18.6 Å². The smallest absolute Gasteiger partial charge is 0.188 e. The van der Waals surface area contributed by atoms with Crippen LogP contribution in [-0.4, -0.2) is 43.2 Å². The Kier molecular flexibility index (Phi) is 3.45. The fourth-order valence-electron chi connectivity index (χ4n) is 2.02. The van der Waals surface area contributed by atoms with E-state index in [1.54, 1.807) is 7.05 Å². The molecule has 0 radical (unpaired) electrons. The first-order chi connectivity index (χ1) is 7.65. The third-order valence-electron chi connectivity index (χ3n) is 2.82. The van der Waals surface area contributed by atoms with Crippen molar-refractivity contribution in [3.8, 4) is 0 Å². The summed E-state index contributed by atoms with van der Waals surface area (Å²) < 4.78 is 0. The molecule has 6 nitrogen and oxygen atoms in total. The number of aromatic nitrogens is 4. The van der Waals surface area contributed by atoms with E-state index in [-0.39, 0.29) is 0 Å². The summed E-state index contributed by atoms with van der Waals surface area (Å²) in [5.41, 5.74) is 5.68. The standard InChI is InChI=1S/C9H16N6S/c1-14-12-8(11-13-14)6-15-4-2-3-7(5-15)9(10)16/h7H,2-6H2,1H3,(H2,10,16). The molecule has 2 rings (SSSR count). The van der Waals surface area contributed by atoms with Crippen LogP contribution >= 0.6 is 12.2 Å². The third-order valence-corrected chi connectivity index (χ3v) is 3.16. The third kappa shape index (κ3) is 2.73. The lowest BCUT2D eigenvalue weighted by atomic mass is 9.98. The highest BCUT2D eigenvalue weighted by molar-refractivity contribution is 7.80. The zero-order valence-corrected chi connectivity index (χ0v) is 10.2. The summed E-state index contributed by atoms with van der Waals surface area (Å²) in [6, 6.07) is 0. The number of likely N-dealkylation sites (tertiary alicyclic amines) is 1. The maximum absolute atomic E-state index is 5.68. The van der Waals surface area contributed by atoms with Crippen LogP contribution in [-0.2, 0) is 13.6 Å². The molecule has 2 heterocycles. The molecule has 0 aliphatic carbocycles. The second-order valence-corrected chi connectivity index (χ2v) is 4.64. The number of hydrogen-bond acceptors (Lipinski definition) is 5. The van der Waals surface area contributed by atoms with Crippen LogP contribution in [0.15, 0.2) is 0 Å². The minimum absolute atomic E-state index is 0.334. The largest absolute Gasteiger partial charge is 0.393 e. The molecular formula is C9H16N6S. The summed E-state index contributed by atoms with van der Waals surface area (Å²) in [4.78, 5) is 4.38. The first kappa shape index (κ1) is 11.4. The second kappa shape index (κ2) is 4.84. The molecule has 1 aromatic heterocycles. The maximum atomic E-state index is 5.68. The average Bonchev–Trinajstić information content (AvgIpc) is 2.64. The number of nitrogens with two attached hydrogens (primary N) is 1. The molecule has 1 aromatic rings. The monoisotopic (exact) mass is 240 g/mol. The van der Waals surface area contributed by atoms with E-state index in [4.69, 9.17) is 18.0 Å². The van der Waals surface area contributed by atoms with Crippen LogP contribution in [0.1, 0.15) is 18.7 Å². The van der Waals surface area contributed by atoms with Crippen LogP contribution in [0.2, 0.25) is 0 Å². The van der Waals surface area contributed by atoms with Crippen LogP contribution in [0, 0.1) is 5.92 Å². The Morgan fingerprint density at radius 1 is 1.62 bits per heavy atom. The van der Waals surface area contributed by atoms with Crippen LogP contribution in [0.3, 0.4) is 0 Å². The van der Waals surface area contributed by atoms with Gasteiger partial charge in [-0.05, 0) is 24.6 Å². The van der Waals surface area contributed by atoms with Gasteiger partial charge < -0.3 is 5.73 Å². The lowest BCUT2D eigenvalue weighted by molar-refractivity contribution is 0.192. The molecule has 1 atom stereocenters. The van der Waals surface area contributed by atoms with Crippen molar-refractivity contribution in [2.75, 3.05) is 13.1 Å². The van der Waals surface area contributed by atoms with Crippen molar-refractivity contribution < 1.29 is 0 Å². The lowest BCUT2D eigenvalue weighted by Gasteiger charge is -2.31. The normalized spacial score (nSPS) is 22.2. The average molecular weight is 240 g/mol. The van der Waals surface area contributed by atoms with Gasteiger partial charge >= 0.3 is 0 Å². The molecule has 0 aromatic carbocycles. The molecule has 1 saturated heterocycles. The quantitative estimate of drug-likeness (QED) is 0.732. The van der Waals surface area contributed by atoms with E-state index in [1.165, 1.54) is 4.80 Å². The fraction of sp³-hybridized carbons (Fsp3) is 0.778. The zero-order valence-electron chi connectivity index (χ0n) is 9.33. The summed E-state index contributed by atoms with van der Waals surface area (Å²) in [7, 11) is 1.77. The Balaban J connectivity index is 1.92. The number of piperidine rings is 1. The number of rotatable bonds is 3. The molecule has 88 valence electrons. The Labute approximate surface area is 99.8 Å². The number of thiocarbonyl (C=S) groups is 1. The van der Waals surface area contributed by atoms with E-state index in [9.17, 15) is 0 Å². The van der Waals surface area contributed by atoms with E-state index in [2.05, 4.69) is 20.3 Å². The minimum atomic E-state index is 0.334. The van der Waals surface area contributed by atoms with E-state index < -0.39 is 0 Å². The Morgan fingerprint density at radius 3 is 3.06 bits per heavy atom. The SMILES string of the molecule is Cn1nnc(CN2CCCC(C(N)=S)C2)n1. The van der Waals surface area contributed by atoms with Gasteiger partial charge in [0.2, 0.25) is 0 Å². The van der Waals surface area contributed by atoms with Gasteiger partial charge in [0, 0.05) is 12.5 Å². The molecule has 0 spiro atoms. The van der Waals surface area contributed by atoms with Crippen molar-refractivity contribution >= 4 is 17.2 Å². The molecule has 0 bridgehead atoms. The van der Waals surface area contributed by atoms with Gasteiger partial charge in [-0.2, -0.15) is 4.80 Å². The fourth-order valence-corrected chi connectivity index (χ4v) is 2.21. The maximum Gasteiger partial charge on any atom is 0.188 e. The predicted octanol–water partition coefficient (Wildman–Crippen LogP) is -0.292. The van der Waals surface area contributed by atoms with E-state index in [1.807, 2.05) is 0 Å². The molecule has 7 heteroatoms. The number of aryl methyl sites for hydroxylation is 1. The van der Waals surface area contributed by atoms with Gasteiger partial charge in [0.15, 0.2) is 5.82 Å². The van der Waals surface area contributed by atoms with Gasteiger partial charge in [-0.1, -0.05) is 12.2 Å². The summed E-state index contributed by atoms with van der Waals surface area (Å²) in [6.07, 6.45) is 2.22. The highest BCUT2D eigenvalue weighted by Crippen LogP contribution is 2.17. The van der Waals surface area contributed by atoms with Crippen molar-refractivity contribution in [3.63, 3.8) is 0 Å². The zero-order chi connectivity index (χ0) is 11.5. The van der Waals surface area contributed by atoms with Gasteiger partial charge in [-0.25, -0.2) is 0 Å². The number of hydrogen-bond donors (Lipinski definition) is 1. The van der Waals surface area contributed by atoms with Crippen LogP contribution < -0.4 is 5.73 Å². The molecular weight excluding hydrogens is 224 g/mol. The van der Waals surface area contributed by atoms with Crippen LogP contribution in [0.25, 0.3) is 0 Å². The predicted molar refractivity (Wildman–Crippen MR) is 63.6 cm³/mol. The lowest BCUT2D eigenvalue weighted by Crippen LogP contribution is -2.40. The Bertz CT molecular complexity index is 376. The molecule has 1 fully saturated rings. The molecule has 0 saturated carbocycles. The Morgan fingerprint density at radius 2 is 2.44 bits per heavy atom. The molecule has 0 amide bonds. The summed E-state index contributed by atoms with van der Waals surface area (Å²) in [6.45, 7) is 2.69. The van der Waals surface area contributed by atoms with E-state index in [0.717, 1.165) is 38.3 Å². The highest BCUT2D eigenvalue weighted by atomic mass is 32.1. The first-order valence-electron chi connectivity index (χ1n) is 5.39. The topological polar surface area (TPSA) is 72.9 Å². The van der Waals surface area contributed by atoms with Crippen molar-refractivity contribution in [3.05, 3.63) is 5.82 Å². The first-order valence-corrected chi connectivity index (χ1v) is 5.80. The van der Waals surface area contributed by atoms with Gasteiger partial charge in [0.1, 0.15) is 0 Å². The summed E-state index contributed by atoms with van der Waals surface area (Å²) >= 11 is 5.04. The van der Waals surface area contributed by atoms with Crippen LogP contribution in [0.5, 0.6) is 0 Å². The minimum Gasteiger partial charge on any atom is -0.393 e. The van der Waals surface area contributed by atoms with E-state index in [0.29, 0.717) is 10.9 Å². The molecule has 16 heavy (non-hydrogen) atoms. The van der Waals surface area contributed by atoms with Crippen molar-refractivity contribution in [1.82, 2.24) is 25.1 Å². The molecule has 1 unspecified atom stereocenters. The van der Waals surface area contributed by atoms with Gasteiger partial charge in [-0.3, -0.25) is 4.90 Å². The van der Waals surface area contributed by atoms with Crippen molar-refractivity contribution in [2.24, 2.45) is 18.7 Å². The second-order valence-electron chi connectivity index (χ2n) is 4.17. The van der Waals surface area contributed by atoms with Gasteiger partial charge in [0.25, 0.3) is 0 Å². The van der Waals surface area contributed by atoms with Crippen molar-refractivity contribution in [1.29, 1.82) is 0 Å². The number of tetrazole rings is 1. The van der Waals surface area contributed by atoms with Crippen LogP contribution in [0.4, 0.5) is 0 Å². The van der Waals surface area contributed by atoms with Gasteiger partial charge in [-0.15, -0.1) is 10.2 Å². The molecule has 2 N–H and O–H groups in total. The summed E-state index contributed by atoms with van der Waals surface area (Å²) in [5.74, 6) is 1.09. The molecule has 1 aliphatic rings. The van der Waals surface area contributed by atoms with Crippen molar-refractivity contribution in [2.45, 2.75) is 19.4 Å². The van der Waals surface area contributed by atoms with E-state index >= 15 is 0 Å². The highest BCUT2D eigenvalue weighted by Gasteiger charge is 2.22. The summed E-state index contributed by atoms with van der Waals surface area (Å²) in [5, 5.41) is 12.0. The number of nitrogens with zero attached hydrogens (tertiary/aromatic N) is 5. The Hall–Kier alpha value is -1.08.